The second kappa shape index (κ2) is 4.34. The number of aryl methyl sites for hydroxylation is 1. The van der Waals surface area contributed by atoms with E-state index in [1.807, 2.05) is 0 Å². The summed E-state index contributed by atoms with van der Waals surface area (Å²) in [7, 11) is 0. The van der Waals surface area contributed by atoms with Gasteiger partial charge in [-0.25, -0.2) is 4.98 Å². The molecule has 3 heteroatoms. The van der Waals surface area contributed by atoms with E-state index in [9.17, 15) is 0 Å². The molecular formula is C16H23N3. The van der Waals surface area contributed by atoms with Crippen molar-refractivity contribution in [1.29, 1.82) is 0 Å². The summed E-state index contributed by atoms with van der Waals surface area (Å²) in [6.45, 7) is 9.98. The van der Waals surface area contributed by atoms with Gasteiger partial charge in [0.2, 0.25) is 0 Å². The second-order valence-electron chi connectivity index (χ2n) is 6.25. The molecule has 2 heterocycles. The number of nitrogens with zero attached hydrogens (tertiary/aromatic N) is 2. The highest BCUT2D eigenvalue weighted by molar-refractivity contribution is 5.77. The molecule has 1 aromatic heterocycles. The first kappa shape index (κ1) is 12.7. The lowest BCUT2D eigenvalue weighted by atomic mass is 9.99. The number of aromatic nitrogens is 2. The van der Waals surface area contributed by atoms with Crippen LogP contribution >= 0.6 is 0 Å². The van der Waals surface area contributed by atoms with E-state index in [0.29, 0.717) is 6.04 Å². The van der Waals surface area contributed by atoms with E-state index in [-0.39, 0.29) is 5.54 Å². The smallest absolute Gasteiger partial charge is 0.130 e. The fraction of sp³-hybridized carbons (Fsp3) is 0.562. The van der Waals surface area contributed by atoms with Gasteiger partial charge in [-0.3, -0.25) is 0 Å². The van der Waals surface area contributed by atoms with Gasteiger partial charge in [0, 0.05) is 6.04 Å². The van der Waals surface area contributed by atoms with Crippen molar-refractivity contribution in [2.75, 3.05) is 6.54 Å². The van der Waals surface area contributed by atoms with Gasteiger partial charge in [-0.05, 0) is 64.8 Å². The largest absolute Gasteiger partial charge is 0.324 e. The number of hydrogen-bond donors (Lipinski definition) is 1. The van der Waals surface area contributed by atoms with Crippen molar-refractivity contribution in [2.45, 2.75) is 52.1 Å². The van der Waals surface area contributed by atoms with Crippen molar-refractivity contribution < 1.29 is 0 Å². The average Bonchev–Trinajstić information content (AvgIpc) is 2.93. The first-order chi connectivity index (χ1) is 9.01. The van der Waals surface area contributed by atoms with Gasteiger partial charge < -0.3 is 9.88 Å². The van der Waals surface area contributed by atoms with Crippen molar-refractivity contribution in [1.82, 2.24) is 14.9 Å². The quantitative estimate of drug-likeness (QED) is 0.892. The van der Waals surface area contributed by atoms with E-state index in [4.69, 9.17) is 4.98 Å². The van der Waals surface area contributed by atoms with Crippen LogP contribution in [0.4, 0.5) is 0 Å². The Bertz CT molecular complexity index is 604. The Kier molecular flexibility index (Phi) is 2.90. The third-order valence-electron chi connectivity index (χ3n) is 4.22. The van der Waals surface area contributed by atoms with E-state index in [2.05, 4.69) is 55.8 Å². The van der Waals surface area contributed by atoms with Gasteiger partial charge >= 0.3 is 0 Å². The highest BCUT2D eigenvalue weighted by atomic mass is 15.2. The number of fused-ring (bicyclic) bond motifs is 1. The van der Waals surface area contributed by atoms with Gasteiger partial charge in [-0.15, -0.1) is 0 Å². The molecule has 3 rings (SSSR count). The fourth-order valence-electron chi connectivity index (χ4n) is 3.21. The lowest BCUT2D eigenvalue weighted by Gasteiger charge is -2.26. The molecule has 1 N–H and O–H groups in total. The molecule has 1 unspecified atom stereocenters. The zero-order valence-corrected chi connectivity index (χ0v) is 12.3. The Morgan fingerprint density at radius 3 is 2.79 bits per heavy atom. The van der Waals surface area contributed by atoms with Gasteiger partial charge in [0.1, 0.15) is 5.82 Å². The molecule has 0 bridgehead atoms. The maximum Gasteiger partial charge on any atom is 0.130 e. The number of imidazole rings is 1. The van der Waals surface area contributed by atoms with Crippen LogP contribution in [0.3, 0.4) is 0 Å². The monoisotopic (exact) mass is 257 g/mol. The van der Waals surface area contributed by atoms with Gasteiger partial charge in [0.05, 0.1) is 16.6 Å². The standard InChI is InChI=1S/C16H23N3/c1-11(2)19-14-7-6-12(3)10-13(14)18-15(19)16(4)8-5-9-17-16/h6-7,10-11,17H,5,8-9H2,1-4H3. The molecule has 0 radical (unpaired) electrons. The van der Waals surface area contributed by atoms with Crippen LogP contribution in [-0.4, -0.2) is 16.1 Å². The minimum absolute atomic E-state index is 0.0250. The highest BCUT2D eigenvalue weighted by Crippen LogP contribution is 2.34. The first-order valence-corrected chi connectivity index (χ1v) is 7.25. The topological polar surface area (TPSA) is 29.9 Å². The van der Waals surface area contributed by atoms with Crippen LogP contribution in [0, 0.1) is 6.92 Å². The molecule has 2 aromatic rings. The fourth-order valence-corrected chi connectivity index (χ4v) is 3.21. The third-order valence-corrected chi connectivity index (χ3v) is 4.22. The molecule has 1 atom stereocenters. The maximum absolute atomic E-state index is 4.95. The Balaban J connectivity index is 2.25. The molecule has 0 amide bonds. The molecule has 19 heavy (non-hydrogen) atoms. The van der Waals surface area contributed by atoms with Crippen LogP contribution in [-0.2, 0) is 5.54 Å². The number of benzene rings is 1. The summed E-state index contributed by atoms with van der Waals surface area (Å²) in [5.74, 6) is 1.20. The maximum atomic E-state index is 4.95. The Hall–Kier alpha value is -1.35. The van der Waals surface area contributed by atoms with Crippen LogP contribution in [0.2, 0.25) is 0 Å². The summed E-state index contributed by atoms with van der Waals surface area (Å²) in [5.41, 5.74) is 3.68. The summed E-state index contributed by atoms with van der Waals surface area (Å²) < 4.78 is 2.40. The lowest BCUT2D eigenvalue weighted by Crippen LogP contribution is -2.36. The molecule has 0 aliphatic carbocycles. The van der Waals surface area contributed by atoms with Gasteiger partial charge in [-0.1, -0.05) is 6.07 Å². The van der Waals surface area contributed by atoms with Crippen LogP contribution in [0.25, 0.3) is 11.0 Å². The zero-order valence-electron chi connectivity index (χ0n) is 12.3. The SMILES string of the molecule is Cc1ccc2c(c1)nc(C1(C)CCCN1)n2C(C)C. The molecular weight excluding hydrogens is 234 g/mol. The van der Waals surface area contributed by atoms with E-state index < -0.39 is 0 Å². The van der Waals surface area contributed by atoms with Gasteiger partial charge in [0.15, 0.2) is 0 Å². The van der Waals surface area contributed by atoms with Crippen LogP contribution < -0.4 is 5.32 Å². The second-order valence-corrected chi connectivity index (χ2v) is 6.25. The predicted octanol–water partition coefficient (Wildman–Crippen LogP) is 3.52. The Morgan fingerprint density at radius 2 is 2.16 bits per heavy atom. The zero-order chi connectivity index (χ0) is 13.6. The van der Waals surface area contributed by atoms with Gasteiger partial charge in [-0.2, -0.15) is 0 Å². The molecule has 0 saturated carbocycles. The Labute approximate surface area is 115 Å². The van der Waals surface area contributed by atoms with Gasteiger partial charge in [0.25, 0.3) is 0 Å². The summed E-state index contributed by atoms with van der Waals surface area (Å²) in [6.07, 6.45) is 2.40. The van der Waals surface area contributed by atoms with Crippen molar-refractivity contribution >= 4 is 11.0 Å². The lowest BCUT2D eigenvalue weighted by molar-refractivity contribution is 0.378. The predicted molar refractivity (Wildman–Crippen MR) is 79.4 cm³/mol. The molecule has 1 fully saturated rings. The van der Waals surface area contributed by atoms with Crippen molar-refractivity contribution in [3.8, 4) is 0 Å². The van der Waals surface area contributed by atoms with Crippen molar-refractivity contribution in [2.24, 2.45) is 0 Å². The van der Waals surface area contributed by atoms with E-state index in [1.165, 1.54) is 29.7 Å². The van der Waals surface area contributed by atoms with Crippen molar-refractivity contribution in [3.63, 3.8) is 0 Å². The summed E-state index contributed by atoms with van der Waals surface area (Å²) in [5, 5.41) is 3.64. The van der Waals surface area contributed by atoms with Crippen LogP contribution in [0.5, 0.6) is 0 Å². The molecule has 3 nitrogen and oxygen atoms in total. The van der Waals surface area contributed by atoms with E-state index >= 15 is 0 Å². The molecule has 102 valence electrons. The van der Waals surface area contributed by atoms with Crippen molar-refractivity contribution in [3.05, 3.63) is 29.6 Å². The minimum Gasteiger partial charge on any atom is -0.324 e. The molecule has 1 aliphatic heterocycles. The number of hydrogen-bond acceptors (Lipinski definition) is 2. The molecule has 1 aromatic carbocycles. The van der Waals surface area contributed by atoms with Crippen LogP contribution in [0.1, 0.15) is 51.0 Å². The Morgan fingerprint density at radius 1 is 1.37 bits per heavy atom. The van der Waals surface area contributed by atoms with E-state index in [0.717, 1.165) is 12.1 Å². The third kappa shape index (κ3) is 1.96. The average molecular weight is 257 g/mol. The summed E-state index contributed by atoms with van der Waals surface area (Å²) in [4.78, 5) is 4.95. The molecule has 0 spiro atoms. The number of nitrogens with one attached hydrogen (secondary N) is 1. The van der Waals surface area contributed by atoms with Crippen LogP contribution in [0.15, 0.2) is 18.2 Å². The number of rotatable bonds is 2. The highest BCUT2D eigenvalue weighted by Gasteiger charge is 2.35. The minimum atomic E-state index is 0.0250. The summed E-state index contributed by atoms with van der Waals surface area (Å²) in [6, 6.07) is 7.01. The van der Waals surface area contributed by atoms with E-state index in [1.54, 1.807) is 0 Å². The normalized spacial score (nSPS) is 23.6. The summed E-state index contributed by atoms with van der Waals surface area (Å²) >= 11 is 0. The first-order valence-electron chi connectivity index (χ1n) is 7.25. The molecule has 1 saturated heterocycles. The molecule has 1 aliphatic rings.